The van der Waals surface area contributed by atoms with Crippen LogP contribution < -0.4 is 5.32 Å². The second kappa shape index (κ2) is 9.49. The second-order valence-corrected chi connectivity index (χ2v) is 9.64. The molecule has 1 saturated heterocycles. The van der Waals surface area contributed by atoms with E-state index in [4.69, 9.17) is 4.74 Å². The van der Waals surface area contributed by atoms with Crippen LogP contribution in [0.5, 0.6) is 0 Å². The molecule has 178 valence electrons. The smallest absolute Gasteiger partial charge is 0.407 e. The number of carboxylic acids is 1. The van der Waals surface area contributed by atoms with Crippen LogP contribution in [0.25, 0.3) is 11.1 Å². The van der Waals surface area contributed by atoms with E-state index in [0.29, 0.717) is 19.4 Å². The molecule has 5 rings (SSSR count). The van der Waals surface area contributed by atoms with Gasteiger partial charge in [-0.2, -0.15) is 0 Å². The van der Waals surface area contributed by atoms with Crippen molar-refractivity contribution in [3.05, 3.63) is 59.7 Å². The fraction of sp³-hybridized carbons (Fsp3) is 0.444. The summed E-state index contributed by atoms with van der Waals surface area (Å²) >= 11 is 0. The Kier molecular flexibility index (Phi) is 6.26. The van der Waals surface area contributed by atoms with Crippen molar-refractivity contribution in [1.29, 1.82) is 0 Å². The highest BCUT2D eigenvalue weighted by molar-refractivity contribution is 5.81. The average molecular weight is 463 g/mol. The lowest BCUT2D eigenvalue weighted by Crippen LogP contribution is -2.43. The highest BCUT2D eigenvalue weighted by Gasteiger charge is 2.36. The van der Waals surface area contributed by atoms with Crippen molar-refractivity contribution in [3.8, 4) is 11.1 Å². The molecule has 2 aliphatic carbocycles. The van der Waals surface area contributed by atoms with Crippen molar-refractivity contribution in [2.75, 3.05) is 19.7 Å². The minimum Gasteiger partial charge on any atom is -0.481 e. The van der Waals surface area contributed by atoms with Crippen LogP contribution in [0.4, 0.5) is 4.79 Å². The Morgan fingerprint density at radius 2 is 1.62 bits per heavy atom. The average Bonchev–Trinajstić information content (AvgIpc) is 3.46. The number of likely N-dealkylation sites (tertiary alicyclic amines) is 1. The van der Waals surface area contributed by atoms with Gasteiger partial charge in [-0.15, -0.1) is 0 Å². The fourth-order valence-electron chi connectivity index (χ4n) is 5.77. The summed E-state index contributed by atoms with van der Waals surface area (Å²) in [4.78, 5) is 38.5. The largest absolute Gasteiger partial charge is 0.481 e. The van der Waals surface area contributed by atoms with Crippen molar-refractivity contribution in [2.45, 2.75) is 44.1 Å². The van der Waals surface area contributed by atoms with E-state index in [2.05, 4.69) is 29.6 Å². The summed E-state index contributed by atoms with van der Waals surface area (Å²) in [5.74, 6) is -1.46. The molecule has 1 saturated carbocycles. The Bertz CT molecular complexity index is 1050. The molecule has 2 amide bonds. The standard InChI is InChI=1S/C27H30N2O5/c30-25(29-13-12-18(15-29)26(31)32)17-6-5-7-19(14-17)28-27(33)34-16-24-22-10-3-1-8-20(22)21-9-2-4-11-23(21)24/h1-4,8-11,17-19,24H,5-7,12-16H2,(H,28,33)(H,31,32). The molecule has 0 aromatic heterocycles. The van der Waals surface area contributed by atoms with Gasteiger partial charge >= 0.3 is 12.1 Å². The fourth-order valence-corrected chi connectivity index (χ4v) is 5.77. The molecular weight excluding hydrogens is 432 g/mol. The molecule has 1 heterocycles. The third-order valence-corrected chi connectivity index (χ3v) is 7.54. The van der Waals surface area contributed by atoms with Crippen LogP contribution in [0.3, 0.4) is 0 Å². The van der Waals surface area contributed by atoms with Crippen molar-refractivity contribution in [3.63, 3.8) is 0 Å². The molecule has 0 radical (unpaired) electrons. The van der Waals surface area contributed by atoms with Gasteiger partial charge in [0.2, 0.25) is 5.91 Å². The number of carboxylic acid groups (broad SMARTS) is 1. The molecule has 34 heavy (non-hydrogen) atoms. The van der Waals surface area contributed by atoms with Crippen LogP contribution in [0, 0.1) is 11.8 Å². The van der Waals surface area contributed by atoms with E-state index < -0.39 is 18.0 Å². The Morgan fingerprint density at radius 3 is 2.26 bits per heavy atom. The number of hydrogen-bond donors (Lipinski definition) is 2. The van der Waals surface area contributed by atoms with E-state index in [9.17, 15) is 19.5 Å². The molecule has 3 aliphatic rings. The van der Waals surface area contributed by atoms with Crippen LogP contribution in [0.15, 0.2) is 48.5 Å². The SMILES string of the molecule is O=C(NC1CCCC(C(=O)N2CCC(C(=O)O)C2)C1)OCC1c2ccccc2-c2ccccc21. The quantitative estimate of drug-likeness (QED) is 0.700. The summed E-state index contributed by atoms with van der Waals surface area (Å²) < 4.78 is 5.67. The molecule has 2 aromatic carbocycles. The maximum absolute atomic E-state index is 12.9. The number of benzene rings is 2. The first-order chi connectivity index (χ1) is 16.5. The number of alkyl carbamates (subject to hydrolysis) is 1. The van der Waals surface area contributed by atoms with Gasteiger partial charge in [0.05, 0.1) is 5.92 Å². The van der Waals surface area contributed by atoms with Crippen LogP contribution in [-0.4, -0.2) is 53.7 Å². The number of nitrogens with one attached hydrogen (secondary N) is 1. The predicted octanol–water partition coefficient (Wildman–Crippen LogP) is 4.02. The first-order valence-electron chi connectivity index (χ1n) is 12.1. The maximum atomic E-state index is 12.9. The highest BCUT2D eigenvalue weighted by Crippen LogP contribution is 2.44. The lowest BCUT2D eigenvalue weighted by atomic mass is 9.85. The van der Waals surface area contributed by atoms with Gasteiger partial charge in [-0.05, 0) is 47.9 Å². The summed E-state index contributed by atoms with van der Waals surface area (Å²) in [5.41, 5.74) is 4.72. The number of carbonyl (C=O) groups excluding carboxylic acids is 2. The Balaban J connectivity index is 1.16. The topological polar surface area (TPSA) is 95.9 Å². The molecule has 7 heteroatoms. The number of aliphatic carboxylic acids is 1. The van der Waals surface area contributed by atoms with Gasteiger partial charge < -0.3 is 20.1 Å². The molecule has 7 nitrogen and oxygen atoms in total. The van der Waals surface area contributed by atoms with E-state index in [0.717, 1.165) is 19.3 Å². The summed E-state index contributed by atoms with van der Waals surface area (Å²) in [6.45, 7) is 1.05. The minimum absolute atomic E-state index is 0.0104. The van der Waals surface area contributed by atoms with Gasteiger partial charge in [0.1, 0.15) is 6.61 Å². The number of amides is 2. The maximum Gasteiger partial charge on any atom is 0.407 e. The van der Waals surface area contributed by atoms with Gasteiger partial charge in [-0.3, -0.25) is 9.59 Å². The number of fused-ring (bicyclic) bond motifs is 3. The van der Waals surface area contributed by atoms with Crippen LogP contribution in [0.1, 0.15) is 49.1 Å². The number of hydrogen-bond acceptors (Lipinski definition) is 4. The molecule has 2 fully saturated rings. The second-order valence-electron chi connectivity index (χ2n) is 9.64. The van der Waals surface area contributed by atoms with Gasteiger partial charge in [-0.1, -0.05) is 55.0 Å². The first kappa shape index (κ1) is 22.4. The van der Waals surface area contributed by atoms with Crippen LogP contribution in [-0.2, 0) is 14.3 Å². The first-order valence-corrected chi connectivity index (χ1v) is 12.1. The third kappa shape index (κ3) is 4.39. The van der Waals surface area contributed by atoms with Gasteiger partial charge in [0.25, 0.3) is 0 Å². The van der Waals surface area contributed by atoms with Gasteiger partial charge in [0.15, 0.2) is 0 Å². The van der Waals surface area contributed by atoms with Crippen molar-refractivity contribution in [1.82, 2.24) is 10.2 Å². The monoisotopic (exact) mass is 462 g/mol. The van der Waals surface area contributed by atoms with Crippen LogP contribution in [0.2, 0.25) is 0 Å². The summed E-state index contributed by atoms with van der Waals surface area (Å²) in [6, 6.07) is 16.3. The molecule has 3 unspecified atom stereocenters. The van der Waals surface area contributed by atoms with E-state index >= 15 is 0 Å². The summed E-state index contributed by atoms with van der Waals surface area (Å²) in [6.07, 6.45) is 3.06. The van der Waals surface area contributed by atoms with Crippen LogP contribution >= 0.6 is 0 Å². The molecule has 3 atom stereocenters. The molecule has 0 spiro atoms. The van der Waals surface area contributed by atoms with Crippen molar-refractivity contribution in [2.24, 2.45) is 11.8 Å². The number of ether oxygens (including phenoxy) is 1. The Morgan fingerprint density at radius 1 is 0.941 bits per heavy atom. The van der Waals surface area contributed by atoms with E-state index in [-0.39, 0.29) is 36.9 Å². The van der Waals surface area contributed by atoms with E-state index in [1.54, 1.807) is 4.90 Å². The lowest BCUT2D eigenvalue weighted by molar-refractivity contribution is -0.141. The lowest BCUT2D eigenvalue weighted by Gasteiger charge is -2.31. The molecule has 2 N–H and O–H groups in total. The molecule has 2 aromatic rings. The zero-order valence-electron chi connectivity index (χ0n) is 19.1. The molecule has 0 bridgehead atoms. The number of nitrogens with zero attached hydrogens (tertiary/aromatic N) is 1. The third-order valence-electron chi connectivity index (χ3n) is 7.54. The minimum atomic E-state index is -0.839. The molecule has 1 aliphatic heterocycles. The Hall–Kier alpha value is -3.35. The zero-order chi connectivity index (χ0) is 23.7. The van der Waals surface area contributed by atoms with Gasteiger partial charge in [0, 0.05) is 31.0 Å². The zero-order valence-corrected chi connectivity index (χ0v) is 19.1. The Labute approximate surface area is 199 Å². The molecular formula is C27H30N2O5. The summed E-state index contributed by atoms with van der Waals surface area (Å²) in [7, 11) is 0. The number of carbonyl (C=O) groups is 3. The number of rotatable bonds is 5. The van der Waals surface area contributed by atoms with Crippen molar-refractivity contribution < 1.29 is 24.2 Å². The van der Waals surface area contributed by atoms with Gasteiger partial charge in [-0.25, -0.2) is 4.79 Å². The highest BCUT2D eigenvalue weighted by atomic mass is 16.5. The normalized spacial score (nSPS) is 23.8. The van der Waals surface area contributed by atoms with E-state index in [1.807, 2.05) is 24.3 Å². The summed E-state index contributed by atoms with van der Waals surface area (Å²) in [5, 5.41) is 12.2. The van der Waals surface area contributed by atoms with Crippen molar-refractivity contribution >= 4 is 18.0 Å². The predicted molar refractivity (Wildman–Crippen MR) is 126 cm³/mol. The van der Waals surface area contributed by atoms with E-state index in [1.165, 1.54) is 22.3 Å².